The summed E-state index contributed by atoms with van der Waals surface area (Å²) in [6.45, 7) is 3.94. The van der Waals surface area contributed by atoms with Crippen molar-refractivity contribution in [2.75, 3.05) is 11.6 Å². The topological polar surface area (TPSA) is 25.8 Å². The van der Waals surface area contributed by atoms with E-state index < -0.39 is 0 Å². The minimum atomic E-state index is 0.640. The Morgan fingerprint density at radius 2 is 1.92 bits per heavy atom. The molecule has 0 aliphatic carbocycles. The number of hydrogen-bond donors (Lipinski definition) is 0. The van der Waals surface area contributed by atoms with Gasteiger partial charge in [0.15, 0.2) is 5.16 Å². The molecule has 0 saturated heterocycles. The monoisotopic (exact) mass is 202 g/mol. The molecule has 1 rings (SSSR count). The van der Waals surface area contributed by atoms with Gasteiger partial charge in [0.25, 0.3) is 0 Å². The lowest BCUT2D eigenvalue weighted by Crippen LogP contribution is -1.93. The summed E-state index contributed by atoms with van der Waals surface area (Å²) in [7, 11) is 0. The molecule has 12 heavy (non-hydrogen) atoms. The second-order valence-electron chi connectivity index (χ2n) is 2.47. The van der Waals surface area contributed by atoms with Crippen molar-refractivity contribution in [2.24, 2.45) is 0 Å². The Morgan fingerprint density at radius 1 is 1.33 bits per heavy atom. The van der Waals surface area contributed by atoms with E-state index in [2.05, 4.69) is 9.97 Å². The van der Waals surface area contributed by atoms with Gasteiger partial charge < -0.3 is 0 Å². The van der Waals surface area contributed by atoms with Crippen LogP contribution in [0.15, 0.2) is 11.2 Å². The van der Waals surface area contributed by atoms with Gasteiger partial charge in [-0.2, -0.15) is 0 Å². The molecule has 0 aliphatic heterocycles. The van der Waals surface area contributed by atoms with Crippen LogP contribution in [-0.4, -0.2) is 21.6 Å². The molecule has 0 radical (unpaired) electrons. The highest BCUT2D eigenvalue weighted by Gasteiger charge is 1.98. The van der Waals surface area contributed by atoms with Gasteiger partial charge in [-0.25, -0.2) is 9.97 Å². The maximum atomic E-state index is 5.55. The maximum absolute atomic E-state index is 5.55. The first-order valence-corrected chi connectivity index (χ1v) is 5.25. The first-order chi connectivity index (χ1) is 5.72. The third-order valence-electron chi connectivity index (χ3n) is 1.27. The molecule has 0 atom stereocenters. The highest BCUT2D eigenvalue weighted by atomic mass is 35.5. The van der Waals surface area contributed by atoms with Gasteiger partial charge in [-0.15, -0.1) is 11.6 Å². The molecule has 0 unspecified atom stereocenters. The molecule has 2 nitrogen and oxygen atoms in total. The normalized spacial score (nSPS) is 10.2. The molecule has 0 amide bonds. The van der Waals surface area contributed by atoms with Crippen LogP contribution in [0, 0.1) is 13.8 Å². The summed E-state index contributed by atoms with van der Waals surface area (Å²) in [4.78, 5) is 8.53. The summed E-state index contributed by atoms with van der Waals surface area (Å²) < 4.78 is 0. The van der Waals surface area contributed by atoms with E-state index in [9.17, 15) is 0 Å². The molecule has 0 bridgehead atoms. The molecule has 1 aromatic rings. The summed E-state index contributed by atoms with van der Waals surface area (Å²) >= 11 is 7.15. The minimum absolute atomic E-state index is 0.640. The van der Waals surface area contributed by atoms with Crippen LogP contribution >= 0.6 is 23.4 Å². The summed E-state index contributed by atoms with van der Waals surface area (Å²) in [6, 6.07) is 1.96. The SMILES string of the molecule is Cc1cc(C)nc(SCCCl)n1. The standard InChI is InChI=1S/C8H11ClN2S/c1-6-5-7(2)11-8(10-6)12-4-3-9/h5H,3-4H2,1-2H3. The lowest BCUT2D eigenvalue weighted by Gasteiger charge is -2.00. The van der Waals surface area contributed by atoms with Crippen molar-refractivity contribution in [3.63, 3.8) is 0 Å². The van der Waals surface area contributed by atoms with Crippen molar-refractivity contribution in [3.8, 4) is 0 Å². The quantitative estimate of drug-likeness (QED) is 0.428. The average Bonchev–Trinajstić information content (AvgIpc) is 1.99. The number of nitrogens with zero attached hydrogens (tertiary/aromatic N) is 2. The van der Waals surface area contributed by atoms with E-state index in [1.54, 1.807) is 11.8 Å². The second kappa shape index (κ2) is 4.67. The Bertz CT molecular complexity index is 245. The van der Waals surface area contributed by atoms with Gasteiger partial charge in [-0.1, -0.05) is 11.8 Å². The van der Waals surface area contributed by atoms with Crippen LogP contribution in [-0.2, 0) is 0 Å². The number of aromatic nitrogens is 2. The number of thioether (sulfide) groups is 1. The lowest BCUT2D eigenvalue weighted by molar-refractivity contribution is 0.903. The van der Waals surface area contributed by atoms with Gasteiger partial charge >= 0.3 is 0 Å². The minimum Gasteiger partial charge on any atom is -0.228 e. The van der Waals surface area contributed by atoms with Gasteiger partial charge in [0.1, 0.15) is 0 Å². The fraction of sp³-hybridized carbons (Fsp3) is 0.500. The van der Waals surface area contributed by atoms with Crippen LogP contribution in [0.2, 0.25) is 0 Å². The molecule has 1 aromatic heterocycles. The molecule has 0 spiro atoms. The molecule has 4 heteroatoms. The van der Waals surface area contributed by atoms with E-state index >= 15 is 0 Å². The molecule has 66 valence electrons. The maximum Gasteiger partial charge on any atom is 0.188 e. The van der Waals surface area contributed by atoms with Gasteiger partial charge in [0, 0.05) is 23.0 Å². The van der Waals surface area contributed by atoms with E-state index in [4.69, 9.17) is 11.6 Å². The highest BCUT2D eigenvalue weighted by Crippen LogP contribution is 2.13. The van der Waals surface area contributed by atoms with E-state index in [-0.39, 0.29) is 0 Å². The zero-order valence-electron chi connectivity index (χ0n) is 7.17. The molecular weight excluding hydrogens is 192 g/mol. The van der Waals surface area contributed by atoms with Crippen molar-refractivity contribution in [2.45, 2.75) is 19.0 Å². The van der Waals surface area contributed by atoms with Crippen LogP contribution in [0.3, 0.4) is 0 Å². The first kappa shape index (κ1) is 9.81. The van der Waals surface area contributed by atoms with Gasteiger partial charge in [0.05, 0.1) is 0 Å². The Hall–Kier alpha value is -0.280. The summed E-state index contributed by atoms with van der Waals surface area (Å²) in [5, 5.41) is 0.827. The zero-order valence-corrected chi connectivity index (χ0v) is 8.74. The Kier molecular flexibility index (Phi) is 3.82. The van der Waals surface area contributed by atoms with Gasteiger partial charge in [-0.05, 0) is 19.9 Å². The van der Waals surface area contributed by atoms with E-state index in [1.165, 1.54) is 0 Å². The second-order valence-corrected chi connectivity index (χ2v) is 3.91. The average molecular weight is 203 g/mol. The molecule has 0 aromatic carbocycles. The predicted molar refractivity (Wildman–Crippen MR) is 53.0 cm³/mol. The number of rotatable bonds is 3. The summed E-state index contributed by atoms with van der Waals surface area (Å²) in [5.41, 5.74) is 2.03. The zero-order chi connectivity index (χ0) is 8.97. The molecule has 0 fully saturated rings. The summed E-state index contributed by atoms with van der Waals surface area (Å²) in [5.74, 6) is 1.51. The molecule has 0 aliphatic rings. The van der Waals surface area contributed by atoms with Crippen molar-refractivity contribution in [1.29, 1.82) is 0 Å². The van der Waals surface area contributed by atoms with Crippen LogP contribution in [0.4, 0.5) is 0 Å². The van der Waals surface area contributed by atoms with Crippen LogP contribution < -0.4 is 0 Å². The number of aryl methyl sites for hydroxylation is 2. The lowest BCUT2D eigenvalue weighted by atomic mass is 10.4. The van der Waals surface area contributed by atoms with Gasteiger partial charge in [0.2, 0.25) is 0 Å². The predicted octanol–water partition coefficient (Wildman–Crippen LogP) is 2.42. The molecule has 0 N–H and O–H groups in total. The van der Waals surface area contributed by atoms with Crippen LogP contribution in [0.5, 0.6) is 0 Å². The Morgan fingerprint density at radius 3 is 2.42 bits per heavy atom. The van der Waals surface area contributed by atoms with Gasteiger partial charge in [-0.3, -0.25) is 0 Å². The van der Waals surface area contributed by atoms with Crippen molar-refractivity contribution in [3.05, 3.63) is 17.5 Å². The van der Waals surface area contributed by atoms with Crippen LogP contribution in [0.25, 0.3) is 0 Å². The Balaban J connectivity index is 2.72. The fourth-order valence-electron chi connectivity index (χ4n) is 0.888. The van der Waals surface area contributed by atoms with Crippen molar-refractivity contribution in [1.82, 2.24) is 9.97 Å². The van der Waals surface area contributed by atoms with Crippen molar-refractivity contribution >= 4 is 23.4 Å². The van der Waals surface area contributed by atoms with Crippen molar-refractivity contribution < 1.29 is 0 Å². The van der Waals surface area contributed by atoms with E-state index in [1.807, 2.05) is 19.9 Å². The Labute approximate surface area is 81.8 Å². The smallest absolute Gasteiger partial charge is 0.188 e. The third kappa shape index (κ3) is 2.99. The van der Waals surface area contributed by atoms with E-state index in [0.29, 0.717) is 5.88 Å². The largest absolute Gasteiger partial charge is 0.228 e. The summed E-state index contributed by atoms with van der Waals surface area (Å²) in [6.07, 6.45) is 0. The third-order valence-corrected chi connectivity index (χ3v) is 2.53. The first-order valence-electron chi connectivity index (χ1n) is 3.73. The molecule has 0 saturated carbocycles. The fourth-order valence-corrected chi connectivity index (χ4v) is 1.80. The molecule has 1 heterocycles. The number of alkyl halides is 1. The highest BCUT2D eigenvalue weighted by molar-refractivity contribution is 7.99. The van der Waals surface area contributed by atoms with Crippen LogP contribution in [0.1, 0.15) is 11.4 Å². The van der Waals surface area contributed by atoms with E-state index in [0.717, 1.165) is 22.3 Å². The number of halogens is 1. The molecular formula is C8H11ClN2S. The number of hydrogen-bond acceptors (Lipinski definition) is 3.